The SMILES string of the molecule is N#[13C]CC[C@H](N)C(=O)O. The Morgan fingerprint density at radius 2 is 2.44 bits per heavy atom. The molecule has 0 aromatic carbocycles. The van der Waals surface area contributed by atoms with Gasteiger partial charge in [-0.25, -0.2) is 0 Å². The molecule has 0 amide bonds. The predicted octanol–water partition coefficient (Wildman–Crippen LogP) is -0.298. The Balaban J connectivity index is 3.41. The van der Waals surface area contributed by atoms with Gasteiger partial charge in [-0.15, -0.1) is 0 Å². The van der Waals surface area contributed by atoms with Gasteiger partial charge in [0, 0.05) is 6.42 Å². The lowest BCUT2D eigenvalue weighted by atomic mass is 10.2. The maximum Gasteiger partial charge on any atom is 0.320 e. The summed E-state index contributed by atoms with van der Waals surface area (Å²) >= 11 is 0. The van der Waals surface area contributed by atoms with E-state index in [-0.39, 0.29) is 12.8 Å². The van der Waals surface area contributed by atoms with E-state index in [1.807, 2.05) is 6.07 Å². The zero-order valence-electron chi connectivity index (χ0n) is 4.87. The molecule has 0 aliphatic carbocycles. The second kappa shape index (κ2) is 3.87. The van der Waals surface area contributed by atoms with E-state index in [1.165, 1.54) is 0 Å². The summed E-state index contributed by atoms with van der Waals surface area (Å²) in [4.78, 5) is 9.97. The number of hydrogen-bond acceptors (Lipinski definition) is 3. The van der Waals surface area contributed by atoms with Gasteiger partial charge in [0.15, 0.2) is 0 Å². The molecule has 9 heavy (non-hydrogen) atoms. The number of nitrogens with zero attached hydrogens (tertiary/aromatic N) is 1. The van der Waals surface area contributed by atoms with Crippen LogP contribution >= 0.6 is 0 Å². The molecule has 0 aromatic rings. The maximum atomic E-state index is 9.97. The van der Waals surface area contributed by atoms with E-state index in [9.17, 15) is 4.79 Å². The van der Waals surface area contributed by atoms with Crippen molar-refractivity contribution in [2.45, 2.75) is 18.9 Å². The molecule has 0 bridgehead atoms. The summed E-state index contributed by atoms with van der Waals surface area (Å²) in [5, 5.41) is 16.2. The molecule has 0 aliphatic rings. The molecule has 4 nitrogen and oxygen atoms in total. The number of aliphatic carboxylic acids is 1. The molecule has 1 atom stereocenters. The van der Waals surface area contributed by atoms with Gasteiger partial charge in [-0.05, 0) is 6.42 Å². The van der Waals surface area contributed by atoms with Gasteiger partial charge in [0.1, 0.15) is 6.04 Å². The maximum absolute atomic E-state index is 9.97. The fourth-order valence-corrected chi connectivity index (χ4v) is 0.344. The molecular formula is C5H8N2O2. The third-order valence-electron chi connectivity index (χ3n) is 0.884. The first-order valence-electron chi connectivity index (χ1n) is 2.54. The van der Waals surface area contributed by atoms with Crippen LogP contribution in [0.4, 0.5) is 0 Å². The van der Waals surface area contributed by atoms with Crippen LogP contribution in [0.2, 0.25) is 0 Å². The molecule has 4 heteroatoms. The molecule has 0 rings (SSSR count). The van der Waals surface area contributed by atoms with Gasteiger partial charge in [0.2, 0.25) is 0 Å². The first kappa shape index (κ1) is 7.92. The highest BCUT2D eigenvalue weighted by Gasteiger charge is 2.09. The predicted molar refractivity (Wildman–Crippen MR) is 30.5 cm³/mol. The highest BCUT2D eigenvalue weighted by Crippen LogP contribution is 1.91. The highest BCUT2D eigenvalue weighted by molar-refractivity contribution is 5.72. The molecule has 0 radical (unpaired) electrons. The van der Waals surface area contributed by atoms with Crippen LogP contribution in [0.5, 0.6) is 0 Å². The number of carboxylic acids is 1. The highest BCUT2D eigenvalue weighted by atomic mass is 16.4. The van der Waals surface area contributed by atoms with Crippen LogP contribution in [0.3, 0.4) is 0 Å². The van der Waals surface area contributed by atoms with Crippen molar-refractivity contribution >= 4 is 5.97 Å². The van der Waals surface area contributed by atoms with Gasteiger partial charge in [-0.1, -0.05) is 0 Å². The Hall–Kier alpha value is -1.08. The van der Waals surface area contributed by atoms with Crippen LogP contribution in [0.25, 0.3) is 0 Å². The standard InChI is InChI=1S/C5H8N2O2/c6-3-1-2-4(7)5(8)9/h4H,1-2,7H2,(H,8,9)/t4-/m0/s1/i3+1. The lowest BCUT2D eigenvalue weighted by Gasteiger charge is -1.99. The summed E-state index contributed by atoms with van der Waals surface area (Å²) in [6.45, 7) is 0. The molecule has 0 unspecified atom stereocenters. The Morgan fingerprint density at radius 3 is 2.78 bits per heavy atom. The Labute approximate surface area is 52.9 Å². The van der Waals surface area contributed by atoms with Crippen molar-refractivity contribution in [3.63, 3.8) is 0 Å². The lowest BCUT2D eigenvalue weighted by molar-refractivity contribution is -0.138. The van der Waals surface area contributed by atoms with E-state index >= 15 is 0 Å². The largest absolute Gasteiger partial charge is 0.480 e. The van der Waals surface area contributed by atoms with Crippen molar-refractivity contribution in [3.05, 3.63) is 0 Å². The molecule has 0 aliphatic heterocycles. The molecule has 0 spiro atoms. The molecule has 0 fully saturated rings. The zero-order valence-corrected chi connectivity index (χ0v) is 4.87. The van der Waals surface area contributed by atoms with Crippen LogP contribution in [0.1, 0.15) is 12.8 Å². The third-order valence-corrected chi connectivity index (χ3v) is 0.884. The van der Waals surface area contributed by atoms with E-state index in [2.05, 4.69) is 0 Å². The zero-order chi connectivity index (χ0) is 7.28. The van der Waals surface area contributed by atoms with E-state index in [1.54, 1.807) is 0 Å². The van der Waals surface area contributed by atoms with Gasteiger partial charge in [-0.2, -0.15) is 5.26 Å². The number of nitrogens with two attached hydrogens (primary N) is 1. The van der Waals surface area contributed by atoms with Crippen molar-refractivity contribution < 1.29 is 9.90 Å². The number of hydrogen-bond donors (Lipinski definition) is 2. The molecular weight excluding hydrogens is 121 g/mol. The Bertz CT molecular complexity index is 138. The van der Waals surface area contributed by atoms with Crippen LogP contribution in [0, 0.1) is 11.3 Å². The molecule has 0 heterocycles. The minimum Gasteiger partial charge on any atom is -0.480 e. The minimum atomic E-state index is -1.05. The van der Waals surface area contributed by atoms with Crippen molar-refractivity contribution in [2.24, 2.45) is 5.73 Å². The first-order chi connectivity index (χ1) is 4.18. The summed E-state index contributed by atoms with van der Waals surface area (Å²) in [5.41, 5.74) is 5.05. The second-order valence-electron chi connectivity index (χ2n) is 1.64. The number of carbonyl (C=O) groups is 1. The molecule has 0 saturated carbocycles. The second-order valence-corrected chi connectivity index (χ2v) is 1.64. The number of nitriles is 1. The summed E-state index contributed by atoms with van der Waals surface area (Å²) in [6, 6.07) is 0.926. The van der Waals surface area contributed by atoms with Crippen molar-refractivity contribution in [3.8, 4) is 6.07 Å². The van der Waals surface area contributed by atoms with Crippen molar-refractivity contribution in [2.75, 3.05) is 0 Å². The fourth-order valence-electron chi connectivity index (χ4n) is 0.344. The Kier molecular flexibility index (Phi) is 3.40. The average molecular weight is 129 g/mol. The minimum absolute atomic E-state index is 0.202. The number of rotatable bonds is 3. The van der Waals surface area contributed by atoms with Crippen LogP contribution in [-0.2, 0) is 4.79 Å². The lowest BCUT2D eigenvalue weighted by Crippen LogP contribution is -2.29. The first-order valence-corrected chi connectivity index (χ1v) is 2.54. The topological polar surface area (TPSA) is 87.1 Å². The molecule has 0 saturated heterocycles. The van der Waals surface area contributed by atoms with Gasteiger partial charge < -0.3 is 10.8 Å². The molecule has 0 aromatic heterocycles. The van der Waals surface area contributed by atoms with Crippen molar-refractivity contribution in [1.82, 2.24) is 0 Å². The van der Waals surface area contributed by atoms with Gasteiger partial charge in [-0.3, -0.25) is 4.79 Å². The monoisotopic (exact) mass is 129 g/mol. The Morgan fingerprint density at radius 1 is 1.89 bits per heavy atom. The summed E-state index contributed by atoms with van der Waals surface area (Å²) in [6.07, 6.45) is 0.430. The smallest absolute Gasteiger partial charge is 0.320 e. The van der Waals surface area contributed by atoms with E-state index in [0.717, 1.165) is 0 Å². The third kappa shape index (κ3) is 3.50. The van der Waals surface area contributed by atoms with E-state index < -0.39 is 12.0 Å². The average Bonchev–Trinajstić information content (AvgIpc) is 1.82. The summed E-state index contributed by atoms with van der Waals surface area (Å²) < 4.78 is 0. The van der Waals surface area contributed by atoms with E-state index in [0.29, 0.717) is 0 Å². The van der Waals surface area contributed by atoms with Gasteiger partial charge in [0.25, 0.3) is 0 Å². The van der Waals surface area contributed by atoms with Gasteiger partial charge in [0.05, 0.1) is 6.07 Å². The summed E-state index contributed by atoms with van der Waals surface area (Å²) in [7, 11) is 0. The van der Waals surface area contributed by atoms with Crippen LogP contribution in [-0.4, -0.2) is 17.1 Å². The molecule has 50 valence electrons. The van der Waals surface area contributed by atoms with E-state index in [4.69, 9.17) is 16.1 Å². The quantitative estimate of drug-likeness (QED) is 0.512. The molecule has 3 N–H and O–H groups in total. The van der Waals surface area contributed by atoms with Crippen molar-refractivity contribution in [1.29, 1.82) is 5.26 Å². The fraction of sp³-hybridized carbons (Fsp3) is 0.600. The van der Waals surface area contributed by atoms with Gasteiger partial charge >= 0.3 is 5.97 Å². The normalized spacial score (nSPS) is 12.0. The summed E-state index contributed by atoms with van der Waals surface area (Å²) in [5.74, 6) is -1.05. The van der Waals surface area contributed by atoms with Crippen LogP contribution in [0.15, 0.2) is 0 Å². The van der Waals surface area contributed by atoms with Crippen LogP contribution < -0.4 is 5.73 Å². The number of carboxylic acid groups (broad SMARTS) is 1.